The van der Waals surface area contributed by atoms with E-state index in [1.54, 1.807) is 0 Å². The molecule has 1 aromatic carbocycles. The van der Waals surface area contributed by atoms with Gasteiger partial charge in [0.15, 0.2) is 0 Å². The van der Waals surface area contributed by atoms with E-state index in [0.717, 1.165) is 5.56 Å². The normalized spacial score (nSPS) is 13.0. The Morgan fingerprint density at radius 2 is 1.71 bits per heavy atom. The van der Waals surface area contributed by atoms with Crippen LogP contribution in [-0.4, -0.2) is 24.4 Å². The molecule has 0 saturated carbocycles. The maximum atomic E-state index is 11.8. The lowest BCUT2D eigenvalue weighted by atomic mass is 10.1. The van der Waals surface area contributed by atoms with Crippen molar-refractivity contribution < 1.29 is 9.59 Å². The van der Waals surface area contributed by atoms with Crippen molar-refractivity contribution >= 4 is 24.2 Å². The number of hydrogen-bond acceptors (Lipinski definition) is 3. The molecule has 0 radical (unpaired) electrons. The lowest BCUT2D eigenvalue weighted by Crippen LogP contribution is -2.47. The third kappa shape index (κ3) is 6.60. The summed E-state index contributed by atoms with van der Waals surface area (Å²) in [7, 11) is 0. The summed E-state index contributed by atoms with van der Waals surface area (Å²) >= 11 is 0. The van der Waals surface area contributed by atoms with Crippen LogP contribution in [0.1, 0.15) is 32.4 Å². The Labute approximate surface area is 132 Å². The van der Waals surface area contributed by atoms with E-state index < -0.39 is 6.04 Å². The summed E-state index contributed by atoms with van der Waals surface area (Å²) in [4.78, 5) is 23.4. The zero-order valence-electron chi connectivity index (χ0n) is 12.6. The Kier molecular flexibility index (Phi) is 8.66. The van der Waals surface area contributed by atoms with Gasteiger partial charge >= 0.3 is 0 Å². The van der Waals surface area contributed by atoms with Gasteiger partial charge in [0.25, 0.3) is 0 Å². The third-order valence-electron chi connectivity index (χ3n) is 3.12. The van der Waals surface area contributed by atoms with Crippen molar-refractivity contribution in [3.8, 4) is 0 Å². The zero-order chi connectivity index (χ0) is 15.1. The van der Waals surface area contributed by atoms with Crippen molar-refractivity contribution in [2.24, 2.45) is 11.7 Å². The maximum Gasteiger partial charge on any atom is 0.239 e. The first-order chi connectivity index (χ1) is 9.41. The molecule has 2 atom stereocenters. The van der Waals surface area contributed by atoms with Crippen molar-refractivity contribution in [3.05, 3.63) is 35.9 Å². The number of halogens is 1. The van der Waals surface area contributed by atoms with Crippen LogP contribution in [0.3, 0.4) is 0 Å². The van der Waals surface area contributed by atoms with Gasteiger partial charge in [0.1, 0.15) is 0 Å². The summed E-state index contributed by atoms with van der Waals surface area (Å²) in [6.07, 6.45) is 0. The second-order valence-corrected chi connectivity index (χ2v) is 5.19. The van der Waals surface area contributed by atoms with Crippen LogP contribution in [-0.2, 0) is 9.59 Å². The number of hydrogen-bond donors (Lipinski definition) is 3. The average Bonchev–Trinajstić information content (AvgIpc) is 2.44. The molecule has 4 N–H and O–H groups in total. The van der Waals surface area contributed by atoms with Crippen molar-refractivity contribution in [1.82, 2.24) is 10.6 Å². The minimum absolute atomic E-state index is 0. The summed E-state index contributed by atoms with van der Waals surface area (Å²) in [5.74, 6) is -0.491. The molecule has 0 unspecified atom stereocenters. The lowest BCUT2D eigenvalue weighted by Gasteiger charge is -2.17. The number of rotatable bonds is 6. The SMILES string of the molecule is CC(C)[C@H](N)C(=O)NCC(=O)N[C@H](C)c1ccccc1.Cl. The Balaban J connectivity index is 0.00000400. The standard InChI is InChI=1S/C15H23N3O2.ClH/c1-10(2)14(16)15(20)17-9-13(19)18-11(3)12-7-5-4-6-8-12;/h4-8,10-11,14H,9,16H2,1-3H3,(H,17,20)(H,18,19);1H/t11-,14+;/m1./s1. The number of amides is 2. The van der Waals surface area contributed by atoms with Crippen LogP contribution in [0, 0.1) is 5.92 Å². The summed E-state index contributed by atoms with van der Waals surface area (Å²) in [6.45, 7) is 5.56. The lowest BCUT2D eigenvalue weighted by molar-refractivity contribution is -0.127. The third-order valence-corrected chi connectivity index (χ3v) is 3.12. The number of benzene rings is 1. The smallest absolute Gasteiger partial charge is 0.239 e. The molecule has 0 bridgehead atoms. The number of nitrogens with one attached hydrogen (secondary N) is 2. The molecule has 5 nitrogen and oxygen atoms in total. The van der Waals surface area contributed by atoms with Gasteiger partial charge in [-0.3, -0.25) is 9.59 Å². The molecule has 0 aliphatic carbocycles. The highest BCUT2D eigenvalue weighted by Gasteiger charge is 2.18. The fourth-order valence-corrected chi connectivity index (χ4v) is 1.71. The molecule has 0 aromatic heterocycles. The molecule has 1 rings (SSSR count). The molecule has 0 spiro atoms. The van der Waals surface area contributed by atoms with Gasteiger partial charge in [-0.1, -0.05) is 44.2 Å². The predicted octanol–water partition coefficient (Wildman–Crippen LogP) is 1.39. The second kappa shape index (κ2) is 9.37. The van der Waals surface area contributed by atoms with Crippen LogP contribution in [0.15, 0.2) is 30.3 Å². The van der Waals surface area contributed by atoms with Gasteiger partial charge < -0.3 is 16.4 Å². The fraction of sp³-hybridized carbons (Fsp3) is 0.467. The minimum atomic E-state index is -0.589. The molecular weight excluding hydrogens is 290 g/mol. The van der Waals surface area contributed by atoms with E-state index in [2.05, 4.69) is 10.6 Å². The molecule has 118 valence electrons. The van der Waals surface area contributed by atoms with Gasteiger partial charge in [-0.2, -0.15) is 0 Å². The van der Waals surface area contributed by atoms with Crippen molar-refractivity contribution in [2.45, 2.75) is 32.9 Å². The first-order valence-corrected chi connectivity index (χ1v) is 6.79. The highest BCUT2D eigenvalue weighted by Crippen LogP contribution is 2.10. The highest BCUT2D eigenvalue weighted by molar-refractivity contribution is 5.87. The molecule has 0 saturated heterocycles. The molecule has 21 heavy (non-hydrogen) atoms. The van der Waals surface area contributed by atoms with E-state index in [1.807, 2.05) is 51.1 Å². The van der Waals surface area contributed by atoms with Crippen LogP contribution >= 0.6 is 12.4 Å². The first-order valence-electron chi connectivity index (χ1n) is 6.79. The summed E-state index contributed by atoms with van der Waals surface area (Å²) in [5, 5.41) is 5.37. The predicted molar refractivity (Wildman–Crippen MR) is 86.1 cm³/mol. The Morgan fingerprint density at radius 3 is 2.24 bits per heavy atom. The van der Waals surface area contributed by atoms with E-state index in [1.165, 1.54) is 0 Å². The largest absolute Gasteiger partial charge is 0.348 e. The molecule has 0 aliphatic rings. The van der Waals surface area contributed by atoms with E-state index in [9.17, 15) is 9.59 Å². The first kappa shape index (κ1) is 19.4. The van der Waals surface area contributed by atoms with Crippen LogP contribution in [0.2, 0.25) is 0 Å². The average molecular weight is 314 g/mol. The molecule has 6 heteroatoms. The highest BCUT2D eigenvalue weighted by atomic mass is 35.5. The van der Waals surface area contributed by atoms with Gasteiger partial charge in [-0.15, -0.1) is 12.4 Å². The van der Waals surface area contributed by atoms with Gasteiger partial charge in [0.05, 0.1) is 18.6 Å². The van der Waals surface area contributed by atoms with E-state index in [-0.39, 0.29) is 42.7 Å². The molecule has 1 aromatic rings. The number of carbonyl (C=O) groups is 2. The molecular formula is C15H24ClN3O2. The van der Waals surface area contributed by atoms with Crippen molar-refractivity contribution in [2.75, 3.05) is 6.54 Å². The quantitative estimate of drug-likeness (QED) is 0.742. The van der Waals surface area contributed by atoms with Crippen LogP contribution in [0.25, 0.3) is 0 Å². The van der Waals surface area contributed by atoms with Crippen molar-refractivity contribution in [1.29, 1.82) is 0 Å². The number of carbonyl (C=O) groups excluding carboxylic acids is 2. The van der Waals surface area contributed by atoms with Crippen LogP contribution in [0.5, 0.6) is 0 Å². The van der Waals surface area contributed by atoms with E-state index in [4.69, 9.17) is 5.73 Å². The Hall–Kier alpha value is -1.59. The van der Waals surface area contributed by atoms with Crippen LogP contribution in [0.4, 0.5) is 0 Å². The zero-order valence-corrected chi connectivity index (χ0v) is 13.4. The summed E-state index contributed by atoms with van der Waals surface area (Å²) < 4.78 is 0. The maximum absolute atomic E-state index is 11.8. The minimum Gasteiger partial charge on any atom is -0.348 e. The molecule has 0 heterocycles. The topological polar surface area (TPSA) is 84.2 Å². The number of nitrogens with two attached hydrogens (primary N) is 1. The van der Waals surface area contributed by atoms with Gasteiger partial charge in [0, 0.05) is 0 Å². The monoisotopic (exact) mass is 313 g/mol. The van der Waals surface area contributed by atoms with E-state index in [0.29, 0.717) is 0 Å². The van der Waals surface area contributed by atoms with E-state index >= 15 is 0 Å². The summed E-state index contributed by atoms with van der Waals surface area (Å²) in [6, 6.07) is 8.96. The fourth-order valence-electron chi connectivity index (χ4n) is 1.71. The molecule has 0 fully saturated rings. The molecule has 0 aliphatic heterocycles. The molecule has 2 amide bonds. The Bertz CT molecular complexity index is 451. The summed E-state index contributed by atoms with van der Waals surface area (Å²) in [5.41, 5.74) is 6.71. The van der Waals surface area contributed by atoms with Gasteiger partial charge in [-0.05, 0) is 18.4 Å². The second-order valence-electron chi connectivity index (χ2n) is 5.19. The van der Waals surface area contributed by atoms with Gasteiger partial charge in [-0.25, -0.2) is 0 Å². The van der Waals surface area contributed by atoms with Gasteiger partial charge in [0.2, 0.25) is 11.8 Å². The van der Waals surface area contributed by atoms with Crippen molar-refractivity contribution in [3.63, 3.8) is 0 Å². The van der Waals surface area contributed by atoms with Crippen LogP contribution < -0.4 is 16.4 Å². The Morgan fingerprint density at radius 1 is 1.14 bits per heavy atom.